The Kier molecular flexibility index (Phi) is 3.79. The zero-order valence-electron chi connectivity index (χ0n) is 14.4. The second-order valence-corrected chi connectivity index (χ2v) is 8.35. The number of phenols is 1. The molecule has 0 spiro atoms. The molecule has 122 valence electrons. The van der Waals surface area contributed by atoms with Crippen LogP contribution >= 0.6 is 0 Å². The van der Waals surface area contributed by atoms with Gasteiger partial charge in [-0.25, -0.2) is 0 Å². The van der Waals surface area contributed by atoms with Gasteiger partial charge >= 0.3 is 0 Å². The van der Waals surface area contributed by atoms with E-state index in [0.29, 0.717) is 17.6 Å². The molecule has 1 aromatic rings. The van der Waals surface area contributed by atoms with Crippen LogP contribution in [0.5, 0.6) is 5.75 Å². The third-order valence-electron chi connectivity index (χ3n) is 6.63. The minimum atomic E-state index is 0.0422. The fraction of sp³-hybridized carbons (Fsp3) is 0.700. The lowest BCUT2D eigenvalue weighted by atomic mass is 9.49. The number of phenolic OH excluding ortho intramolecular Hbond substituents is 1. The lowest BCUT2D eigenvalue weighted by Crippen LogP contribution is -2.50. The first kappa shape index (κ1) is 15.9. The minimum absolute atomic E-state index is 0.0422. The maximum Gasteiger partial charge on any atom is 0.119 e. The molecule has 3 rings (SSSR count). The molecule has 2 aliphatic rings. The molecule has 0 saturated heterocycles. The van der Waals surface area contributed by atoms with Crippen molar-refractivity contribution in [3.63, 3.8) is 0 Å². The predicted octanol–water partition coefficient (Wildman–Crippen LogP) is 4.52. The van der Waals surface area contributed by atoms with Crippen molar-refractivity contribution in [2.45, 2.75) is 71.1 Å². The van der Waals surface area contributed by atoms with Gasteiger partial charge in [-0.2, -0.15) is 0 Å². The number of aliphatic hydroxyl groups excluding tert-OH is 1. The number of aromatic hydroxyl groups is 1. The summed E-state index contributed by atoms with van der Waals surface area (Å²) in [6.45, 7) is 9.29. The molecule has 0 aliphatic heterocycles. The first-order valence-corrected chi connectivity index (χ1v) is 8.79. The molecule has 1 fully saturated rings. The monoisotopic (exact) mass is 302 g/mol. The summed E-state index contributed by atoms with van der Waals surface area (Å²) in [7, 11) is 0. The van der Waals surface area contributed by atoms with E-state index in [4.69, 9.17) is 0 Å². The van der Waals surface area contributed by atoms with Crippen molar-refractivity contribution in [3.8, 4) is 5.75 Å². The van der Waals surface area contributed by atoms with Gasteiger partial charge in [0.05, 0.1) is 0 Å². The van der Waals surface area contributed by atoms with Gasteiger partial charge in [0.15, 0.2) is 0 Å². The zero-order valence-corrected chi connectivity index (χ0v) is 14.4. The SMILES string of the molecule is CC(C)c1c(O)ccc2c1CC[C@H]1[C@@](C)(CO)CCC[C@]21C. The normalized spacial score (nSPS) is 34.4. The lowest BCUT2D eigenvalue weighted by Gasteiger charge is -2.55. The highest BCUT2D eigenvalue weighted by Crippen LogP contribution is 2.58. The molecule has 0 amide bonds. The van der Waals surface area contributed by atoms with Crippen LogP contribution in [0.3, 0.4) is 0 Å². The maximum atomic E-state index is 10.3. The number of benzene rings is 1. The van der Waals surface area contributed by atoms with Crippen LogP contribution in [0.2, 0.25) is 0 Å². The Balaban J connectivity index is 2.16. The third-order valence-corrected chi connectivity index (χ3v) is 6.63. The molecule has 0 bridgehead atoms. The van der Waals surface area contributed by atoms with Gasteiger partial charge in [0.25, 0.3) is 0 Å². The molecule has 2 heteroatoms. The van der Waals surface area contributed by atoms with E-state index in [1.807, 2.05) is 6.07 Å². The Hall–Kier alpha value is -1.02. The van der Waals surface area contributed by atoms with E-state index < -0.39 is 0 Å². The van der Waals surface area contributed by atoms with Gasteiger partial charge in [-0.3, -0.25) is 0 Å². The van der Waals surface area contributed by atoms with Crippen LogP contribution in [0, 0.1) is 11.3 Å². The van der Waals surface area contributed by atoms with E-state index in [1.54, 1.807) is 0 Å². The van der Waals surface area contributed by atoms with Crippen molar-refractivity contribution in [1.29, 1.82) is 0 Å². The Morgan fingerprint density at radius 1 is 1.23 bits per heavy atom. The zero-order chi connectivity index (χ0) is 16.1. The number of hydrogen-bond donors (Lipinski definition) is 2. The molecule has 0 unspecified atom stereocenters. The van der Waals surface area contributed by atoms with Gasteiger partial charge in [-0.05, 0) is 71.1 Å². The summed E-state index contributed by atoms with van der Waals surface area (Å²) in [4.78, 5) is 0. The van der Waals surface area contributed by atoms with Gasteiger partial charge in [0, 0.05) is 6.61 Å². The molecule has 22 heavy (non-hydrogen) atoms. The van der Waals surface area contributed by atoms with Gasteiger partial charge in [0.2, 0.25) is 0 Å². The van der Waals surface area contributed by atoms with Gasteiger partial charge in [-0.15, -0.1) is 0 Å². The molecule has 1 aromatic carbocycles. The van der Waals surface area contributed by atoms with Crippen molar-refractivity contribution < 1.29 is 10.2 Å². The smallest absolute Gasteiger partial charge is 0.119 e. The van der Waals surface area contributed by atoms with E-state index in [9.17, 15) is 10.2 Å². The maximum absolute atomic E-state index is 10.3. The fourth-order valence-corrected chi connectivity index (χ4v) is 5.55. The summed E-state index contributed by atoms with van der Waals surface area (Å²) in [5, 5.41) is 20.3. The minimum Gasteiger partial charge on any atom is -0.508 e. The average molecular weight is 302 g/mol. The largest absolute Gasteiger partial charge is 0.508 e. The van der Waals surface area contributed by atoms with Crippen LogP contribution < -0.4 is 0 Å². The summed E-state index contributed by atoms with van der Waals surface area (Å²) in [6.07, 6.45) is 5.68. The number of hydrogen-bond acceptors (Lipinski definition) is 2. The third kappa shape index (κ3) is 2.11. The van der Waals surface area contributed by atoms with Gasteiger partial charge < -0.3 is 10.2 Å². The van der Waals surface area contributed by atoms with Gasteiger partial charge in [-0.1, -0.05) is 40.2 Å². The van der Waals surface area contributed by atoms with Crippen LogP contribution in [-0.2, 0) is 11.8 Å². The molecule has 2 aliphatic carbocycles. The number of aliphatic hydroxyl groups is 1. The summed E-state index contributed by atoms with van der Waals surface area (Å²) < 4.78 is 0. The summed E-state index contributed by atoms with van der Waals surface area (Å²) in [6, 6.07) is 4.05. The first-order valence-electron chi connectivity index (χ1n) is 8.79. The van der Waals surface area contributed by atoms with Crippen LogP contribution in [-0.4, -0.2) is 16.8 Å². The molecule has 0 heterocycles. The van der Waals surface area contributed by atoms with Crippen molar-refractivity contribution in [3.05, 3.63) is 28.8 Å². The average Bonchev–Trinajstić information content (AvgIpc) is 2.46. The van der Waals surface area contributed by atoms with Gasteiger partial charge in [0.1, 0.15) is 5.75 Å². The molecule has 0 aromatic heterocycles. The highest BCUT2D eigenvalue weighted by molar-refractivity contribution is 5.51. The summed E-state index contributed by atoms with van der Waals surface area (Å²) in [5.41, 5.74) is 4.15. The molecule has 2 N–H and O–H groups in total. The Morgan fingerprint density at radius 3 is 2.59 bits per heavy atom. The summed E-state index contributed by atoms with van der Waals surface area (Å²) in [5.74, 6) is 1.34. The quantitative estimate of drug-likeness (QED) is 0.843. The molecule has 2 nitrogen and oxygen atoms in total. The molecular formula is C20H30O2. The number of rotatable bonds is 2. The molecular weight excluding hydrogens is 272 g/mol. The molecule has 0 radical (unpaired) electrons. The Morgan fingerprint density at radius 2 is 1.95 bits per heavy atom. The Labute approximate surface area is 134 Å². The molecule has 3 atom stereocenters. The van der Waals surface area contributed by atoms with Crippen molar-refractivity contribution in [2.75, 3.05) is 6.61 Å². The standard InChI is InChI=1S/C20H30O2/c1-13(2)18-14-6-9-17-19(3,12-21)10-5-11-20(17,4)15(14)7-8-16(18)22/h7-8,13,17,21-22H,5-6,9-12H2,1-4H3/t17-,19+,20+/m0/s1. The highest BCUT2D eigenvalue weighted by atomic mass is 16.3. The van der Waals surface area contributed by atoms with Crippen LogP contribution in [0.1, 0.15) is 76.0 Å². The van der Waals surface area contributed by atoms with Crippen LogP contribution in [0.25, 0.3) is 0 Å². The van der Waals surface area contributed by atoms with Crippen molar-refractivity contribution in [2.24, 2.45) is 11.3 Å². The van der Waals surface area contributed by atoms with Crippen molar-refractivity contribution >= 4 is 0 Å². The van der Waals surface area contributed by atoms with E-state index in [0.717, 1.165) is 24.8 Å². The lowest BCUT2D eigenvalue weighted by molar-refractivity contribution is -0.0180. The van der Waals surface area contributed by atoms with E-state index in [-0.39, 0.29) is 17.4 Å². The first-order chi connectivity index (χ1) is 10.3. The fourth-order valence-electron chi connectivity index (χ4n) is 5.55. The van der Waals surface area contributed by atoms with Crippen molar-refractivity contribution in [1.82, 2.24) is 0 Å². The van der Waals surface area contributed by atoms with E-state index in [1.165, 1.54) is 24.0 Å². The second kappa shape index (κ2) is 5.26. The topological polar surface area (TPSA) is 40.5 Å². The molecule has 1 saturated carbocycles. The Bertz CT molecular complexity index is 577. The second-order valence-electron chi connectivity index (χ2n) is 8.35. The predicted molar refractivity (Wildman–Crippen MR) is 90.4 cm³/mol. The summed E-state index contributed by atoms with van der Waals surface area (Å²) >= 11 is 0. The highest BCUT2D eigenvalue weighted by Gasteiger charge is 2.51. The van der Waals surface area contributed by atoms with E-state index in [2.05, 4.69) is 33.8 Å². The van der Waals surface area contributed by atoms with E-state index >= 15 is 0 Å². The van der Waals surface area contributed by atoms with Crippen LogP contribution in [0.4, 0.5) is 0 Å². The van der Waals surface area contributed by atoms with Crippen LogP contribution in [0.15, 0.2) is 12.1 Å². The number of fused-ring (bicyclic) bond motifs is 3.